The number of carbonyl (C=O) groups excluding carboxylic acids is 2. The van der Waals surface area contributed by atoms with Crippen LogP contribution in [-0.2, 0) is 14.3 Å². The quantitative estimate of drug-likeness (QED) is 0.907. The van der Waals surface area contributed by atoms with E-state index in [-0.39, 0.29) is 11.8 Å². The number of amides is 2. The average molecular weight is 321 g/mol. The van der Waals surface area contributed by atoms with Crippen LogP contribution < -0.4 is 5.32 Å². The third kappa shape index (κ3) is 2.81. The summed E-state index contributed by atoms with van der Waals surface area (Å²) in [6.45, 7) is 1.53. The predicted molar refractivity (Wildman–Crippen MR) is 82.2 cm³/mol. The van der Waals surface area contributed by atoms with Crippen molar-refractivity contribution in [2.45, 2.75) is 18.9 Å². The molecule has 0 spiro atoms. The van der Waals surface area contributed by atoms with Crippen molar-refractivity contribution in [1.29, 1.82) is 0 Å². The van der Waals surface area contributed by atoms with Crippen molar-refractivity contribution in [3.8, 4) is 0 Å². The van der Waals surface area contributed by atoms with Crippen LogP contribution in [0.1, 0.15) is 24.4 Å². The molecule has 1 fully saturated rings. The summed E-state index contributed by atoms with van der Waals surface area (Å²) in [6, 6.07) is 6.43. The number of halogens is 1. The zero-order valence-electron chi connectivity index (χ0n) is 12.0. The van der Waals surface area contributed by atoms with Crippen molar-refractivity contribution in [2.24, 2.45) is 0 Å². The zero-order chi connectivity index (χ0) is 15.5. The van der Waals surface area contributed by atoms with E-state index in [2.05, 4.69) is 5.32 Å². The summed E-state index contributed by atoms with van der Waals surface area (Å²) in [7, 11) is 0. The average Bonchev–Trinajstić information content (AvgIpc) is 2.56. The molecule has 6 heteroatoms. The minimum Gasteiger partial charge on any atom is -0.501 e. The summed E-state index contributed by atoms with van der Waals surface area (Å²) in [6.07, 6.45) is 3.00. The number of nitrogens with zero attached hydrogens (tertiary/aromatic N) is 1. The molecular formula is C16H17ClN2O3. The van der Waals surface area contributed by atoms with Gasteiger partial charge in [0.2, 0.25) is 5.91 Å². The van der Waals surface area contributed by atoms with Crippen LogP contribution in [0.3, 0.4) is 0 Å². The molecule has 0 saturated carbocycles. The maximum Gasteiger partial charge on any atom is 0.253 e. The second kappa shape index (κ2) is 6.40. The number of ether oxygens (including phenoxy) is 1. The second-order valence-electron chi connectivity index (χ2n) is 5.33. The van der Waals surface area contributed by atoms with Crippen LogP contribution >= 0.6 is 11.6 Å². The summed E-state index contributed by atoms with van der Waals surface area (Å²) < 4.78 is 5.25. The Labute approximate surface area is 133 Å². The molecular weight excluding hydrogens is 304 g/mol. The number of hydrogen-bond acceptors (Lipinski definition) is 3. The first-order valence-electron chi connectivity index (χ1n) is 7.32. The van der Waals surface area contributed by atoms with Crippen LogP contribution in [0.25, 0.3) is 0 Å². The van der Waals surface area contributed by atoms with Crippen molar-refractivity contribution in [3.05, 3.63) is 46.7 Å². The number of benzene rings is 1. The summed E-state index contributed by atoms with van der Waals surface area (Å²) in [5.41, 5.74) is 1.25. The molecule has 5 nitrogen and oxygen atoms in total. The number of piperazine rings is 1. The van der Waals surface area contributed by atoms with Crippen molar-refractivity contribution >= 4 is 23.4 Å². The largest absolute Gasteiger partial charge is 0.501 e. The molecule has 1 saturated heterocycles. The molecule has 2 aliphatic heterocycles. The van der Waals surface area contributed by atoms with Gasteiger partial charge in [-0.2, -0.15) is 0 Å². The first-order valence-corrected chi connectivity index (χ1v) is 7.70. The summed E-state index contributed by atoms with van der Waals surface area (Å²) in [4.78, 5) is 26.7. The molecule has 2 amide bonds. The Balaban J connectivity index is 1.93. The smallest absolute Gasteiger partial charge is 0.253 e. The Kier molecular flexibility index (Phi) is 4.34. The number of nitrogens with one attached hydrogen (secondary N) is 1. The van der Waals surface area contributed by atoms with Gasteiger partial charge in [0.1, 0.15) is 6.04 Å². The van der Waals surface area contributed by atoms with E-state index < -0.39 is 6.04 Å². The minimum atomic E-state index is -0.697. The lowest BCUT2D eigenvalue weighted by molar-refractivity contribution is -0.141. The molecule has 1 N–H and O–H groups in total. The molecule has 0 bridgehead atoms. The fourth-order valence-electron chi connectivity index (χ4n) is 2.80. The normalized spacial score (nSPS) is 21.7. The van der Waals surface area contributed by atoms with Gasteiger partial charge < -0.3 is 15.0 Å². The van der Waals surface area contributed by atoms with E-state index in [0.29, 0.717) is 42.3 Å². The van der Waals surface area contributed by atoms with E-state index in [0.717, 1.165) is 6.42 Å². The lowest BCUT2D eigenvalue weighted by atomic mass is 10.00. The second-order valence-corrected chi connectivity index (χ2v) is 5.74. The van der Waals surface area contributed by atoms with Crippen LogP contribution in [0.4, 0.5) is 0 Å². The highest BCUT2D eigenvalue weighted by atomic mass is 35.5. The van der Waals surface area contributed by atoms with Crippen LogP contribution in [0.2, 0.25) is 5.02 Å². The highest BCUT2D eigenvalue weighted by Gasteiger charge is 2.36. The Morgan fingerprint density at radius 2 is 2.18 bits per heavy atom. The Morgan fingerprint density at radius 3 is 2.91 bits per heavy atom. The Morgan fingerprint density at radius 1 is 1.36 bits per heavy atom. The molecule has 116 valence electrons. The topological polar surface area (TPSA) is 58.6 Å². The lowest BCUT2D eigenvalue weighted by Crippen LogP contribution is -2.52. The SMILES string of the molecule is O=C1NCCN(C(=O)C2=COCCC2)[C@@H]1c1ccccc1Cl. The predicted octanol–water partition coefficient (Wildman–Crippen LogP) is 2.03. The number of hydrogen-bond donors (Lipinski definition) is 1. The van der Waals surface area contributed by atoms with E-state index in [1.54, 1.807) is 23.1 Å². The molecule has 0 aromatic heterocycles. The minimum absolute atomic E-state index is 0.153. The molecule has 3 rings (SSSR count). The van der Waals surface area contributed by atoms with E-state index in [9.17, 15) is 9.59 Å². The van der Waals surface area contributed by atoms with Crippen LogP contribution in [0.5, 0.6) is 0 Å². The van der Waals surface area contributed by atoms with E-state index in [1.807, 2.05) is 6.07 Å². The summed E-state index contributed by atoms with van der Waals surface area (Å²) >= 11 is 6.22. The maximum absolute atomic E-state index is 12.7. The zero-order valence-corrected chi connectivity index (χ0v) is 12.8. The highest BCUT2D eigenvalue weighted by molar-refractivity contribution is 6.31. The fraction of sp³-hybridized carbons (Fsp3) is 0.375. The molecule has 1 aromatic rings. The van der Waals surface area contributed by atoms with Crippen LogP contribution in [0, 0.1) is 0 Å². The highest BCUT2D eigenvalue weighted by Crippen LogP contribution is 2.31. The molecule has 2 aliphatic rings. The molecule has 22 heavy (non-hydrogen) atoms. The molecule has 0 unspecified atom stereocenters. The van der Waals surface area contributed by atoms with Gasteiger partial charge in [-0.25, -0.2) is 0 Å². The maximum atomic E-state index is 12.7. The van der Waals surface area contributed by atoms with Gasteiger partial charge in [-0.05, 0) is 18.9 Å². The van der Waals surface area contributed by atoms with Gasteiger partial charge in [-0.15, -0.1) is 0 Å². The Bertz CT molecular complexity index is 630. The van der Waals surface area contributed by atoms with Gasteiger partial charge in [0.15, 0.2) is 0 Å². The standard InChI is InChI=1S/C16H17ClN2O3/c17-13-6-2-1-5-12(13)14-15(20)18-7-8-19(14)16(21)11-4-3-9-22-10-11/h1-2,5-6,10,14H,3-4,7-9H2,(H,18,20)/t14-/m1/s1. The van der Waals surface area contributed by atoms with Crippen LogP contribution in [-0.4, -0.2) is 36.4 Å². The van der Waals surface area contributed by atoms with Crippen molar-refractivity contribution < 1.29 is 14.3 Å². The first kappa shape index (κ1) is 14.9. The molecule has 0 aliphatic carbocycles. The fourth-order valence-corrected chi connectivity index (χ4v) is 3.04. The third-order valence-electron chi connectivity index (χ3n) is 3.88. The van der Waals surface area contributed by atoms with Gasteiger partial charge in [-0.1, -0.05) is 29.8 Å². The van der Waals surface area contributed by atoms with Crippen LogP contribution in [0.15, 0.2) is 36.1 Å². The molecule has 1 aromatic carbocycles. The molecule has 0 radical (unpaired) electrons. The van der Waals surface area contributed by atoms with E-state index in [1.165, 1.54) is 6.26 Å². The summed E-state index contributed by atoms with van der Waals surface area (Å²) in [5, 5.41) is 3.29. The van der Waals surface area contributed by atoms with Gasteiger partial charge in [0, 0.05) is 23.7 Å². The van der Waals surface area contributed by atoms with Gasteiger partial charge in [0.05, 0.1) is 18.4 Å². The lowest BCUT2D eigenvalue weighted by Gasteiger charge is -2.36. The number of rotatable bonds is 2. The molecule has 2 heterocycles. The first-order chi connectivity index (χ1) is 10.7. The van der Waals surface area contributed by atoms with Gasteiger partial charge in [-0.3, -0.25) is 9.59 Å². The Hall–Kier alpha value is -2.01. The molecule has 1 atom stereocenters. The van der Waals surface area contributed by atoms with Gasteiger partial charge >= 0.3 is 0 Å². The number of carbonyl (C=O) groups is 2. The van der Waals surface area contributed by atoms with Crippen molar-refractivity contribution in [1.82, 2.24) is 10.2 Å². The van der Waals surface area contributed by atoms with Crippen molar-refractivity contribution in [3.63, 3.8) is 0 Å². The van der Waals surface area contributed by atoms with Gasteiger partial charge in [0.25, 0.3) is 5.91 Å². The van der Waals surface area contributed by atoms with Crippen molar-refractivity contribution in [2.75, 3.05) is 19.7 Å². The summed E-state index contributed by atoms with van der Waals surface area (Å²) in [5.74, 6) is -0.357. The van der Waals surface area contributed by atoms with E-state index in [4.69, 9.17) is 16.3 Å². The van der Waals surface area contributed by atoms with E-state index >= 15 is 0 Å². The third-order valence-corrected chi connectivity index (χ3v) is 4.23. The monoisotopic (exact) mass is 320 g/mol.